The highest BCUT2D eigenvalue weighted by Gasteiger charge is 2.23. The molecule has 0 unspecified atom stereocenters. The summed E-state index contributed by atoms with van der Waals surface area (Å²) in [6, 6.07) is 0. The lowest BCUT2D eigenvalue weighted by molar-refractivity contribution is -0.168. The second-order valence-electron chi connectivity index (χ2n) is 3.98. The highest BCUT2D eigenvalue weighted by atomic mass is 16.6. The minimum Gasteiger partial charge on any atom is -0.460 e. The highest BCUT2D eigenvalue weighted by Crippen LogP contribution is 2.20. The summed E-state index contributed by atoms with van der Waals surface area (Å²) in [5.41, 5.74) is 0. The Kier molecular flexibility index (Phi) is 5.02. The van der Waals surface area contributed by atoms with Gasteiger partial charge in [-0.15, -0.1) is 0 Å². The molecular formula is C12H18O4. The quantitative estimate of drug-likeness (QED) is 0.543. The highest BCUT2D eigenvalue weighted by molar-refractivity contribution is 5.85. The van der Waals surface area contributed by atoms with Crippen LogP contribution in [-0.2, 0) is 19.1 Å². The molecule has 0 N–H and O–H groups in total. The molecule has 1 fully saturated rings. The standard InChI is InChI=1S/C12H18O4/c1-3-11(13)15-9(2)12(14)16-10-7-5-4-6-8-10/h3,9-10H,1,4-8H2,2H3/t9-/m0/s1. The van der Waals surface area contributed by atoms with Crippen molar-refractivity contribution in [1.29, 1.82) is 0 Å². The van der Waals surface area contributed by atoms with Crippen LogP contribution in [0.25, 0.3) is 0 Å². The molecule has 90 valence electrons. The first-order valence-electron chi connectivity index (χ1n) is 5.67. The summed E-state index contributed by atoms with van der Waals surface area (Å²) in [6.07, 6.45) is 5.39. The summed E-state index contributed by atoms with van der Waals surface area (Å²) in [7, 11) is 0. The Bertz CT molecular complexity index is 266. The third-order valence-corrected chi connectivity index (χ3v) is 2.63. The lowest BCUT2D eigenvalue weighted by Crippen LogP contribution is -2.30. The van der Waals surface area contributed by atoms with Gasteiger partial charge in [0.05, 0.1) is 0 Å². The maximum Gasteiger partial charge on any atom is 0.347 e. The molecule has 1 aliphatic rings. The Morgan fingerprint density at radius 1 is 1.31 bits per heavy atom. The fourth-order valence-electron chi connectivity index (χ4n) is 1.71. The van der Waals surface area contributed by atoms with Gasteiger partial charge in [0, 0.05) is 6.08 Å². The van der Waals surface area contributed by atoms with Gasteiger partial charge in [0.1, 0.15) is 6.10 Å². The van der Waals surface area contributed by atoms with Crippen molar-refractivity contribution in [2.45, 2.75) is 51.2 Å². The van der Waals surface area contributed by atoms with Gasteiger partial charge in [-0.1, -0.05) is 13.0 Å². The zero-order valence-electron chi connectivity index (χ0n) is 9.61. The average molecular weight is 226 g/mol. The lowest BCUT2D eigenvalue weighted by atomic mass is 9.98. The molecule has 1 atom stereocenters. The molecule has 4 heteroatoms. The Morgan fingerprint density at radius 3 is 2.50 bits per heavy atom. The van der Waals surface area contributed by atoms with E-state index in [2.05, 4.69) is 6.58 Å². The monoisotopic (exact) mass is 226 g/mol. The van der Waals surface area contributed by atoms with E-state index in [1.165, 1.54) is 13.3 Å². The molecule has 0 saturated heterocycles. The van der Waals surface area contributed by atoms with Gasteiger partial charge in [0.25, 0.3) is 0 Å². The molecule has 1 rings (SSSR count). The minimum atomic E-state index is -0.854. The van der Waals surface area contributed by atoms with Crippen molar-refractivity contribution in [2.75, 3.05) is 0 Å². The molecule has 1 saturated carbocycles. The molecule has 0 heterocycles. The molecule has 0 radical (unpaired) electrons. The Labute approximate surface area is 95.6 Å². The number of carbonyl (C=O) groups is 2. The molecule has 0 amide bonds. The number of hydrogen-bond donors (Lipinski definition) is 0. The van der Waals surface area contributed by atoms with Gasteiger partial charge in [0.15, 0.2) is 6.10 Å². The van der Waals surface area contributed by atoms with Crippen molar-refractivity contribution in [3.63, 3.8) is 0 Å². The zero-order valence-corrected chi connectivity index (χ0v) is 9.61. The summed E-state index contributed by atoms with van der Waals surface area (Å²) in [5, 5.41) is 0. The van der Waals surface area contributed by atoms with Gasteiger partial charge in [-0.2, -0.15) is 0 Å². The van der Waals surface area contributed by atoms with Crippen molar-refractivity contribution >= 4 is 11.9 Å². The van der Waals surface area contributed by atoms with Crippen LogP contribution in [0.5, 0.6) is 0 Å². The van der Waals surface area contributed by atoms with Crippen LogP contribution in [0.1, 0.15) is 39.0 Å². The van der Waals surface area contributed by atoms with Crippen LogP contribution in [-0.4, -0.2) is 24.1 Å². The SMILES string of the molecule is C=CC(=O)O[C@@H](C)C(=O)OC1CCCCC1. The number of carbonyl (C=O) groups excluding carboxylic acids is 2. The normalized spacial score (nSPS) is 18.6. The van der Waals surface area contributed by atoms with Crippen LogP contribution < -0.4 is 0 Å². The van der Waals surface area contributed by atoms with Crippen LogP contribution >= 0.6 is 0 Å². The summed E-state index contributed by atoms with van der Waals surface area (Å²) in [6.45, 7) is 4.77. The largest absolute Gasteiger partial charge is 0.460 e. The summed E-state index contributed by atoms with van der Waals surface area (Å²) in [4.78, 5) is 22.4. The second-order valence-corrected chi connectivity index (χ2v) is 3.98. The van der Waals surface area contributed by atoms with Gasteiger partial charge < -0.3 is 9.47 Å². The van der Waals surface area contributed by atoms with Gasteiger partial charge in [-0.05, 0) is 32.6 Å². The van der Waals surface area contributed by atoms with E-state index in [0.29, 0.717) is 0 Å². The smallest absolute Gasteiger partial charge is 0.347 e. The van der Waals surface area contributed by atoms with E-state index in [0.717, 1.165) is 31.8 Å². The van der Waals surface area contributed by atoms with E-state index in [4.69, 9.17) is 9.47 Å². The van der Waals surface area contributed by atoms with Crippen molar-refractivity contribution < 1.29 is 19.1 Å². The van der Waals surface area contributed by atoms with E-state index < -0.39 is 18.0 Å². The molecular weight excluding hydrogens is 208 g/mol. The van der Waals surface area contributed by atoms with Crippen molar-refractivity contribution in [3.05, 3.63) is 12.7 Å². The van der Waals surface area contributed by atoms with E-state index in [1.807, 2.05) is 0 Å². The Morgan fingerprint density at radius 2 is 1.94 bits per heavy atom. The summed E-state index contributed by atoms with van der Waals surface area (Å²) in [5.74, 6) is -1.07. The van der Waals surface area contributed by atoms with Crippen LogP contribution in [0.4, 0.5) is 0 Å². The third kappa shape index (κ3) is 4.04. The average Bonchev–Trinajstić information content (AvgIpc) is 2.30. The maximum absolute atomic E-state index is 11.5. The van der Waals surface area contributed by atoms with Crippen LogP contribution in [0.3, 0.4) is 0 Å². The fourth-order valence-corrected chi connectivity index (χ4v) is 1.71. The predicted molar refractivity (Wildman–Crippen MR) is 58.7 cm³/mol. The molecule has 4 nitrogen and oxygen atoms in total. The number of rotatable bonds is 4. The first-order chi connectivity index (χ1) is 7.63. The third-order valence-electron chi connectivity index (χ3n) is 2.63. The van der Waals surface area contributed by atoms with E-state index in [-0.39, 0.29) is 6.10 Å². The lowest BCUT2D eigenvalue weighted by Gasteiger charge is -2.23. The van der Waals surface area contributed by atoms with Gasteiger partial charge >= 0.3 is 11.9 Å². The number of ether oxygens (including phenoxy) is 2. The summed E-state index contributed by atoms with van der Waals surface area (Å²) < 4.78 is 10.0. The number of esters is 2. The van der Waals surface area contributed by atoms with Crippen molar-refractivity contribution in [2.24, 2.45) is 0 Å². The molecule has 0 spiro atoms. The van der Waals surface area contributed by atoms with Crippen LogP contribution in [0.15, 0.2) is 12.7 Å². The first-order valence-corrected chi connectivity index (χ1v) is 5.67. The second kappa shape index (κ2) is 6.30. The zero-order chi connectivity index (χ0) is 12.0. The Balaban J connectivity index is 2.32. The van der Waals surface area contributed by atoms with Crippen LogP contribution in [0, 0.1) is 0 Å². The Hall–Kier alpha value is -1.32. The van der Waals surface area contributed by atoms with Gasteiger partial charge in [0.2, 0.25) is 0 Å². The topological polar surface area (TPSA) is 52.6 Å². The predicted octanol–water partition coefficient (Wildman–Crippen LogP) is 1.98. The van der Waals surface area contributed by atoms with Gasteiger partial charge in [-0.3, -0.25) is 0 Å². The van der Waals surface area contributed by atoms with E-state index in [1.54, 1.807) is 0 Å². The molecule has 0 aromatic carbocycles. The molecule has 1 aliphatic carbocycles. The van der Waals surface area contributed by atoms with Gasteiger partial charge in [-0.25, -0.2) is 9.59 Å². The first kappa shape index (κ1) is 12.7. The molecule has 0 aromatic rings. The molecule has 0 bridgehead atoms. The summed E-state index contributed by atoms with van der Waals surface area (Å²) >= 11 is 0. The minimum absolute atomic E-state index is 0.00821. The van der Waals surface area contributed by atoms with E-state index in [9.17, 15) is 9.59 Å². The molecule has 16 heavy (non-hydrogen) atoms. The molecule has 0 aromatic heterocycles. The van der Waals surface area contributed by atoms with E-state index >= 15 is 0 Å². The number of hydrogen-bond acceptors (Lipinski definition) is 4. The van der Waals surface area contributed by atoms with Crippen molar-refractivity contribution in [1.82, 2.24) is 0 Å². The fraction of sp³-hybridized carbons (Fsp3) is 0.667. The molecule has 0 aliphatic heterocycles. The maximum atomic E-state index is 11.5. The van der Waals surface area contributed by atoms with Crippen molar-refractivity contribution in [3.8, 4) is 0 Å². The van der Waals surface area contributed by atoms with Crippen LogP contribution in [0.2, 0.25) is 0 Å².